The van der Waals surface area contributed by atoms with Gasteiger partial charge in [-0.15, -0.1) is 24.0 Å². The lowest BCUT2D eigenvalue weighted by Crippen LogP contribution is -2.52. The molecule has 0 aromatic heterocycles. The van der Waals surface area contributed by atoms with Gasteiger partial charge in [0.05, 0.1) is 12.8 Å². The number of anilines is 1. The van der Waals surface area contributed by atoms with Gasteiger partial charge >= 0.3 is 0 Å². The Morgan fingerprint density at radius 3 is 2.58 bits per heavy atom. The molecule has 0 radical (unpaired) electrons. The van der Waals surface area contributed by atoms with E-state index in [-0.39, 0.29) is 24.0 Å². The molecule has 1 fully saturated rings. The van der Waals surface area contributed by atoms with Crippen LogP contribution in [0.25, 0.3) is 0 Å². The SMILES string of the molecule is CN=C(NCCCSC)N1CCN(c2ccccc2OC)CC1.I. The minimum Gasteiger partial charge on any atom is -0.495 e. The number of para-hydroxylation sites is 2. The van der Waals surface area contributed by atoms with Gasteiger partial charge in [0.2, 0.25) is 0 Å². The summed E-state index contributed by atoms with van der Waals surface area (Å²) in [5, 5.41) is 3.47. The van der Waals surface area contributed by atoms with Crippen LogP contribution in [0.1, 0.15) is 6.42 Å². The summed E-state index contributed by atoms with van der Waals surface area (Å²) < 4.78 is 5.48. The average molecular weight is 464 g/mol. The first-order valence-corrected chi connectivity index (χ1v) is 9.52. The van der Waals surface area contributed by atoms with Crippen LogP contribution in [-0.2, 0) is 0 Å². The van der Waals surface area contributed by atoms with Crippen molar-refractivity contribution < 1.29 is 4.74 Å². The van der Waals surface area contributed by atoms with Crippen LogP contribution in [0.3, 0.4) is 0 Å². The van der Waals surface area contributed by atoms with E-state index in [1.807, 2.05) is 30.9 Å². The molecule has 1 N–H and O–H groups in total. The highest BCUT2D eigenvalue weighted by Crippen LogP contribution is 2.28. The summed E-state index contributed by atoms with van der Waals surface area (Å²) >= 11 is 1.89. The zero-order chi connectivity index (χ0) is 16.5. The number of benzene rings is 1. The highest BCUT2D eigenvalue weighted by atomic mass is 127. The Morgan fingerprint density at radius 1 is 1.25 bits per heavy atom. The molecular formula is C17H29IN4OS. The second-order valence-electron chi connectivity index (χ2n) is 5.47. The Labute approximate surface area is 167 Å². The zero-order valence-corrected chi connectivity index (χ0v) is 18.0. The third-order valence-electron chi connectivity index (χ3n) is 4.03. The predicted octanol–water partition coefficient (Wildman–Crippen LogP) is 2.76. The second-order valence-corrected chi connectivity index (χ2v) is 6.45. The van der Waals surface area contributed by atoms with Crippen molar-refractivity contribution in [2.24, 2.45) is 4.99 Å². The van der Waals surface area contributed by atoms with E-state index < -0.39 is 0 Å². The van der Waals surface area contributed by atoms with Crippen molar-refractivity contribution in [3.8, 4) is 5.75 Å². The van der Waals surface area contributed by atoms with Crippen LogP contribution in [-0.4, -0.2) is 69.7 Å². The number of rotatable bonds is 6. The first-order valence-electron chi connectivity index (χ1n) is 8.12. The second kappa shape index (κ2) is 11.7. The van der Waals surface area contributed by atoms with Crippen molar-refractivity contribution in [2.75, 3.05) is 63.8 Å². The monoisotopic (exact) mass is 464 g/mol. The maximum Gasteiger partial charge on any atom is 0.193 e. The third-order valence-corrected chi connectivity index (χ3v) is 4.72. The maximum atomic E-state index is 5.48. The van der Waals surface area contributed by atoms with Crippen molar-refractivity contribution >= 4 is 47.4 Å². The molecule has 1 heterocycles. The average Bonchev–Trinajstić information content (AvgIpc) is 2.62. The molecule has 2 rings (SSSR count). The van der Waals surface area contributed by atoms with E-state index in [1.165, 1.54) is 17.9 Å². The molecule has 1 aliphatic rings. The van der Waals surface area contributed by atoms with Crippen molar-refractivity contribution in [2.45, 2.75) is 6.42 Å². The Hall–Kier alpha value is -0.830. The molecule has 0 unspecified atom stereocenters. The van der Waals surface area contributed by atoms with E-state index in [4.69, 9.17) is 4.74 Å². The Balaban J connectivity index is 0.00000288. The van der Waals surface area contributed by atoms with Gasteiger partial charge in [-0.1, -0.05) is 12.1 Å². The number of methoxy groups -OCH3 is 1. The fraction of sp³-hybridized carbons (Fsp3) is 0.588. The van der Waals surface area contributed by atoms with Crippen molar-refractivity contribution in [3.63, 3.8) is 0 Å². The van der Waals surface area contributed by atoms with Crippen LogP contribution in [0.2, 0.25) is 0 Å². The molecule has 24 heavy (non-hydrogen) atoms. The molecule has 1 saturated heterocycles. The Kier molecular flexibility index (Phi) is 10.3. The van der Waals surface area contributed by atoms with E-state index in [0.717, 1.165) is 44.4 Å². The number of thioether (sulfide) groups is 1. The lowest BCUT2D eigenvalue weighted by molar-refractivity contribution is 0.367. The lowest BCUT2D eigenvalue weighted by Gasteiger charge is -2.38. The van der Waals surface area contributed by atoms with Crippen molar-refractivity contribution in [1.29, 1.82) is 0 Å². The highest BCUT2D eigenvalue weighted by Gasteiger charge is 2.21. The van der Waals surface area contributed by atoms with Gasteiger partial charge < -0.3 is 19.9 Å². The molecule has 0 atom stereocenters. The number of aliphatic imine (C=N–C) groups is 1. The van der Waals surface area contributed by atoms with Gasteiger partial charge in [0.15, 0.2) is 5.96 Å². The van der Waals surface area contributed by atoms with Crippen molar-refractivity contribution in [3.05, 3.63) is 24.3 Å². The number of hydrogen-bond donors (Lipinski definition) is 1. The van der Waals surface area contributed by atoms with Crippen LogP contribution < -0.4 is 15.0 Å². The first-order chi connectivity index (χ1) is 11.3. The normalized spacial score (nSPS) is 15.0. The molecule has 0 spiro atoms. The fourth-order valence-electron chi connectivity index (χ4n) is 2.80. The summed E-state index contributed by atoms with van der Waals surface area (Å²) in [6, 6.07) is 8.23. The van der Waals surface area contributed by atoms with E-state index >= 15 is 0 Å². The van der Waals surface area contributed by atoms with Gasteiger partial charge in [-0.05, 0) is 30.6 Å². The predicted molar refractivity (Wildman–Crippen MR) is 117 cm³/mol. The van der Waals surface area contributed by atoms with Gasteiger partial charge in [-0.3, -0.25) is 4.99 Å². The Morgan fingerprint density at radius 2 is 1.96 bits per heavy atom. The molecule has 0 saturated carbocycles. The molecule has 1 aliphatic heterocycles. The van der Waals surface area contributed by atoms with E-state index in [0.29, 0.717) is 0 Å². The summed E-state index contributed by atoms with van der Waals surface area (Å²) in [6.45, 7) is 4.89. The molecule has 1 aromatic rings. The molecule has 0 aliphatic carbocycles. The maximum absolute atomic E-state index is 5.48. The first kappa shape index (κ1) is 21.2. The van der Waals surface area contributed by atoms with Crippen LogP contribution in [0.4, 0.5) is 5.69 Å². The highest BCUT2D eigenvalue weighted by molar-refractivity contribution is 14.0. The summed E-state index contributed by atoms with van der Waals surface area (Å²) in [7, 11) is 3.60. The van der Waals surface area contributed by atoms with Gasteiger partial charge in [-0.2, -0.15) is 11.8 Å². The van der Waals surface area contributed by atoms with Gasteiger partial charge in [-0.25, -0.2) is 0 Å². The van der Waals surface area contributed by atoms with Crippen LogP contribution in [0.5, 0.6) is 5.75 Å². The topological polar surface area (TPSA) is 40.1 Å². The van der Waals surface area contributed by atoms with E-state index in [2.05, 4.69) is 38.5 Å². The molecule has 7 heteroatoms. The number of halogens is 1. The molecule has 1 aromatic carbocycles. The summed E-state index contributed by atoms with van der Waals surface area (Å²) in [6.07, 6.45) is 3.31. The summed E-state index contributed by atoms with van der Waals surface area (Å²) in [5.41, 5.74) is 1.18. The number of ether oxygens (including phenoxy) is 1. The summed E-state index contributed by atoms with van der Waals surface area (Å²) in [5.74, 6) is 3.15. The molecule has 136 valence electrons. The molecule has 0 bridgehead atoms. The smallest absolute Gasteiger partial charge is 0.193 e. The van der Waals surface area contributed by atoms with E-state index in [9.17, 15) is 0 Å². The molecule has 0 amide bonds. The standard InChI is InChI=1S/C17H28N4OS.HI/c1-18-17(19-9-6-14-23-3)21-12-10-20(11-13-21)15-7-4-5-8-16(15)22-2;/h4-5,7-8H,6,9-14H2,1-3H3,(H,18,19);1H. The third kappa shape index (κ3) is 5.91. The minimum atomic E-state index is 0. The van der Waals surface area contributed by atoms with Gasteiger partial charge in [0, 0.05) is 39.8 Å². The van der Waals surface area contributed by atoms with Gasteiger partial charge in [0.1, 0.15) is 5.75 Å². The van der Waals surface area contributed by atoms with E-state index in [1.54, 1.807) is 7.11 Å². The van der Waals surface area contributed by atoms with Crippen molar-refractivity contribution in [1.82, 2.24) is 10.2 Å². The quantitative estimate of drug-likeness (QED) is 0.304. The fourth-order valence-corrected chi connectivity index (χ4v) is 3.23. The Bertz CT molecular complexity index is 507. The summed E-state index contributed by atoms with van der Waals surface area (Å²) in [4.78, 5) is 9.15. The lowest BCUT2D eigenvalue weighted by atomic mass is 10.2. The van der Waals surface area contributed by atoms with Crippen LogP contribution in [0.15, 0.2) is 29.3 Å². The number of nitrogens with zero attached hydrogens (tertiary/aromatic N) is 3. The largest absolute Gasteiger partial charge is 0.495 e. The molecule has 5 nitrogen and oxygen atoms in total. The number of hydrogen-bond acceptors (Lipinski definition) is 4. The number of nitrogens with one attached hydrogen (secondary N) is 1. The molecular weight excluding hydrogens is 435 g/mol. The number of piperazine rings is 1. The van der Waals surface area contributed by atoms with Crippen LogP contribution >= 0.6 is 35.7 Å². The van der Waals surface area contributed by atoms with Crippen LogP contribution in [0, 0.1) is 0 Å². The minimum absolute atomic E-state index is 0. The van der Waals surface area contributed by atoms with Gasteiger partial charge in [0.25, 0.3) is 0 Å². The number of guanidine groups is 1. The zero-order valence-electron chi connectivity index (χ0n) is 14.8.